The topological polar surface area (TPSA) is 21.7 Å². The zero-order valence-corrected chi connectivity index (χ0v) is 10.9. The summed E-state index contributed by atoms with van der Waals surface area (Å²) in [4.78, 5) is 2.39. The number of allylic oxidation sites excluding steroid dienone is 3. The van der Waals surface area contributed by atoms with E-state index in [4.69, 9.17) is 9.47 Å². The van der Waals surface area contributed by atoms with Gasteiger partial charge in [-0.15, -0.1) is 0 Å². The standard InChI is InChI=1S/C14H23NO2/c1-12-3-4-14(11-13(12)2)17-10-7-15-5-8-16-9-6-15/h3-4,11-13H,5-10H2,1-2H3/t12-,13?/m0/s1. The van der Waals surface area contributed by atoms with Gasteiger partial charge in [-0.05, 0) is 24.0 Å². The third-order valence-electron chi connectivity index (χ3n) is 3.60. The first-order chi connectivity index (χ1) is 8.25. The lowest BCUT2D eigenvalue weighted by atomic mass is 9.91. The highest BCUT2D eigenvalue weighted by Crippen LogP contribution is 2.22. The molecule has 3 nitrogen and oxygen atoms in total. The summed E-state index contributed by atoms with van der Waals surface area (Å²) in [5.74, 6) is 2.24. The quantitative estimate of drug-likeness (QED) is 0.747. The molecule has 0 saturated carbocycles. The number of rotatable bonds is 4. The summed E-state index contributed by atoms with van der Waals surface area (Å²) in [7, 11) is 0. The summed E-state index contributed by atoms with van der Waals surface area (Å²) in [5, 5.41) is 0. The molecule has 1 saturated heterocycles. The lowest BCUT2D eigenvalue weighted by molar-refractivity contribution is 0.0279. The summed E-state index contributed by atoms with van der Waals surface area (Å²) in [5.41, 5.74) is 0. The molecule has 1 aliphatic heterocycles. The molecule has 0 aromatic carbocycles. The molecule has 2 aliphatic rings. The molecular formula is C14H23NO2. The Hall–Kier alpha value is -0.800. The third-order valence-corrected chi connectivity index (χ3v) is 3.60. The predicted octanol–water partition coefficient (Wildman–Crippen LogP) is 2.06. The second-order valence-corrected chi connectivity index (χ2v) is 4.95. The van der Waals surface area contributed by atoms with Crippen LogP contribution in [0.2, 0.25) is 0 Å². The molecular weight excluding hydrogens is 214 g/mol. The van der Waals surface area contributed by atoms with Crippen molar-refractivity contribution in [2.24, 2.45) is 11.8 Å². The van der Waals surface area contributed by atoms with Crippen LogP contribution in [0.3, 0.4) is 0 Å². The first-order valence-electron chi connectivity index (χ1n) is 6.58. The maximum absolute atomic E-state index is 5.80. The monoisotopic (exact) mass is 237 g/mol. The van der Waals surface area contributed by atoms with Crippen molar-refractivity contribution in [1.29, 1.82) is 0 Å². The van der Waals surface area contributed by atoms with Crippen LogP contribution in [0.15, 0.2) is 24.0 Å². The molecule has 0 aromatic rings. The van der Waals surface area contributed by atoms with Gasteiger partial charge in [-0.25, -0.2) is 0 Å². The third kappa shape index (κ3) is 3.86. The van der Waals surface area contributed by atoms with E-state index in [2.05, 4.69) is 37.0 Å². The van der Waals surface area contributed by atoms with Crippen LogP contribution >= 0.6 is 0 Å². The molecule has 0 N–H and O–H groups in total. The van der Waals surface area contributed by atoms with Gasteiger partial charge >= 0.3 is 0 Å². The second-order valence-electron chi connectivity index (χ2n) is 4.95. The lowest BCUT2D eigenvalue weighted by Crippen LogP contribution is -2.38. The fraction of sp³-hybridized carbons (Fsp3) is 0.714. The summed E-state index contributed by atoms with van der Waals surface area (Å²) in [6.07, 6.45) is 6.56. The average Bonchev–Trinajstić information content (AvgIpc) is 2.35. The first kappa shape index (κ1) is 12.7. The number of ether oxygens (including phenoxy) is 2. The van der Waals surface area contributed by atoms with Gasteiger partial charge in [-0.3, -0.25) is 4.90 Å². The Morgan fingerprint density at radius 2 is 2.06 bits per heavy atom. The predicted molar refractivity (Wildman–Crippen MR) is 68.8 cm³/mol. The molecule has 1 unspecified atom stereocenters. The molecule has 0 aromatic heterocycles. The molecule has 0 spiro atoms. The van der Waals surface area contributed by atoms with Gasteiger partial charge in [-0.1, -0.05) is 19.9 Å². The van der Waals surface area contributed by atoms with Gasteiger partial charge in [0.1, 0.15) is 12.4 Å². The van der Waals surface area contributed by atoms with Gasteiger partial charge < -0.3 is 9.47 Å². The highest BCUT2D eigenvalue weighted by atomic mass is 16.5. The Balaban J connectivity index is 1.68. The molecule has 0 radical (unpaired) electrons. The minimum Gasteiger partial charge on any atom is -0.493 e. The average molecular weight is 237 g/mol. The first-order valence-corrected chi connectivity index (χ1v) is 6.58. The Kier molecular flexibility index (Phi) is 4.63. The Labute approximate surface area is 104 Å². The number of nitrogens with zero attached hydrogens (tertiary/aromatic N) is 1. The molecule has 0 amide bonds. The molecule has 2 rings (SSSR count). The number of hydrogen-bond donors (Lipinski definition) is 0. The minimum atomic E-state index is 0.582. The van der Waals surface area contributed by atoms with Gasteiger partial charge in [0.15, 0.2) is 0 Å². The van der Waals surface area contributed by atoms with Gasteiger partial charge in [-0.2, -0.15) is 0 Å². The van der Waals surface area contributed by atoms with Crippen LogP contribution in [-0.4, -0.2) is 44.4 Å². The number of hydrogen-bond acceptors (Lipinski definition) is 3. The van der Waals surface area contributed by atoms with E-state index in [1.165, 1.54) is 0 Å². The summed E-state index contributed by atoms with van der Waals surface area (Å²) >= 11 is 0. The van der Waals surface area contributed by atoms with Gasteiger partial charge in [0, 0.05) is 19.6 Å². The van der Waals surface area contributed by atoms with Crippen LogP contribution in [0.5, 0.6) is 0 Å². The van der Waals surface area contributed by atoms with Crippen LogP contribution in [0.25, 0.3) is 0 Å². The fourth-order valence-corrected chi connectivity index (χ4v) is 2.10. The molecule has 96 valence electrons. The van der Waals surface area contributed by atoms with Crippen LogP contribution in [0, 0.1) is 11.8 Å². The van der Waals surface area contributed by atoms with Gasteiger partial charge in [0.2, 0.25) is 0 Å². The van der Waals surface area contributed by atoms with Gasteiger partial charge in [0.05, 0.1) is 13.2 Å². The highest BCUT2D eigenvalue weighted by Gasteiger charge is 2.13. The van der Waals surface area contributed by atoms with Crippen molar-refractivity contribution >= 4 is 0 Å². The van der Waals surface area contributed by atoms with Crippen molar-refractivity contribution in [1.82, 2.24) is 4.90 Å². The van der Waals surface area contributed by atoms with E-state index in [1.807, 2.05) is 0 Å². The number of morpholine rings is 1. The molecule has 3 heteroatoms. The molecule has 0 bridgehead atoms. The maximum Gasteiger partial charge on any atom is 0.115 e. The molecule has 2 atom stereocenters. The van der Waals surface area contributed by atoms with Crippen molar-refractivity contribution in [3.05, 3.63) is 24.0 Å². The van der Waals surface area contributed by atoms with E-state index in [0.29, 0.717) is 11.8 Å². The van der Waals surface area contributed by atoms with E-state index in [1.54, 1.807) is 0 Å². The molecule has 1 aliphatic carbocycles. The molecule has 1 fully saturated rings. The SMILES string of the molecule is CC1C=C(OCCN2CCOCC2)C=C[C@@H]1C. The van der Waals surface area contributed by atoms with Crippen molar-refractivity contribution in [2.75, 3.05) is 39.5 Å². The maximum atomic E-state index is 5.80. The Morgan fingerprint density at radius 3 is 2.76 bits per heavy atom. The molecule has 1 heterocycles. The van der Waals surface area contributed by atoms with E-state index in [-0.39, 0.29) is 0 Å². The van der Waals surface area contributed by atoms with Crippen molar-refractivity contribution in [3.63, 3.8) is 0 Å². The fourth-order valence-electron chi connectivity index (χ4n) is 2.10. The van der Waals surface area contributed by atoms with Crippen LogP contribution in [0.1, 0.15) is 13.8 Å². The van der Waals surface area contributed by atoms with E-state index in [0.717, 1.165) is 45.2 Å². The largest absolute Gasteiger partial charge is 0.493 e. The van der Waals surface area contributed by atoms with Crippen molar-refractivity contribution in [3.8, 4) is 0 Å². The Morgan fingerprint density at radius 1 is 1.29 bits per heavy atom. The summed E-state index contributed by atoms with van der Waals surface area (Å²) < 4.78 is 11.1. The zero-order valence-electron chi connectivity index (χ0n) is 10.9. The van der Waals surface area contributed by atoms with E-state index in [9.17, 15) is 0 Å². The van der Waals surface area contributed by atoms with E-state index >= 15 is 0 Å². The van der Waals surface area contributed by atoms with Crippen molar-refractivity contribution in [2.45, 2.75) is 13.8 Å². The smallest absolute Gasteiger partial charge is 0.115 e. The highest BCUT2D eigenvalue weighted by molar-refractivity contribution is 5.19. The molecule has 17 heavy (non-hydrogen) atoms. The van der Waals surface area contributed by atoms with Crippen LogP contribution < -0.4 is 0 Å². The lowest BCUT2D eigenvalue weighted by Gasteiger charge is -2.27. The van der Waals surface area contributed by atoms with Crippen LogP contribution in [0.4, 0.5) is 0 Å². The van der Waals surface area contributed by atoms with Gasteiger partial charge in [0.25, 0.3) is 0 Å². The van der Waals surface area contributed by atoms with E-state index < -0.39 is 0 Å². The van der Waals surface area contributed by atoms with Crippen molar-refractivity contribution < 1.29 is 9.47 Å². The second kappa shape index (κ2) is 6.22. The zero-order chi connectivity index (χ0) is 12.1. The summed E-state index contributed by atoms with van der Waals surface area (Å²) in [6.45, 7) is 10.0. The normalized spacial score (nSPS) is 30.1. The van der Waals surface area contributed by atoms with Crippen LogP contribution in [-0.2, 0) is 9.47 Å². The minimum absolute atomic E-state index is 0.582. The Bertz CT molecular complexity index is 293. The summed E-state index contributed by atoms with van der Waals surface area (Å²) in [6, 6.07) is 0.